The fourth-order valence-electron chi connectivity index (χ4n) is 10.3. The molecule has 10 nitrogen and oxygen atoms in total. The molecule has 0 aliphatic carbocycles. The number of carbonyl (C=O) groups is 1. The molecule has 0 spiro atoms. The van der Waals surface area contributed by atoms with Crippen LogP contribution in [0.5, 0.6) is 0 Å². The van der Waals surface area contributed by atoms with Crippen LogP contribution in [-0.2, 0) is 42.1 Å². The maximum atomic E-state index is 12.8. The van der Waals surface area contributed by atoms with Gasteiger partial charge in [0, 0.05) is 20.6 Å². The molecule has 2 heterocycles. The van der Waals surface area contributed by atoms with Crippen molar-refractivity contribution in [2.24, 2.45) is 0 Å². The molecule has 2 aliphatic rings. The van der Waals surface area contributed by atoms with Crippen molar-refractivity contribution in [3.63, 3.8) is 0 Å². The van der Waals surface area contributed by atoms with Gasteiger partial charge in [-0.25, -0.2) is 0 Å². The van der Waals surface area contributed by atoms with Crippen LogP contribution >= 0.6 is 0 Å². The topological polar surface area (TPSA) is 111 Å². The summed E-state index contributed by atoms with van der Waals surface area (Å²) >= 11 is 0. The van der Waals surface area contributed by atoms with E-state index in [0.29, 0.717) is 13.0 Å². The summed E-state index contributed by atoms with van der Waals surface area (Å²) in [5.74, 6) is -1.76. The number of allylic oxidation sites excluding steroid dienone is 1. The van der Waals surface area contributed by atoms with Gasteiger partial charge in [-0.1, -0.05) is 175 Å². The Morgan fingerprint density at radius 2 is 0.942 bits per heavy atom. The van der Waals surface area contributed by atoms with Gasteiger partial charge in [0.05, 0.1) is 18.8 Å². The fourth-order valence-corrected chi connectivity index (χ4v) is 19.4. The average molecular weight is 981 g/mol. The van der Waals surface area contributed by atoms with Gasteiger partial charge in [0.1, 0.15) is 36.6 Å². The Bertz CT molecular complexity index is 2140. The molecule has 12 heteroatoms. The molecule has 2 fully saturated rings. The summed E-state index contributed by atoms with van der Waals surface area (Å²) in [6.07, 6.45) is 0.513. The van der Waals surface area contributed by atoms with E-state index in [1.165, 1.54) is 27.9 Å². The van der Waals surface area contributed by atoms with Crippen LogP contribution in [0.1, 0.15) is 89.0 Å². The Labute approximate surface area is 415 Å². The first-order chi connectivity index (χ1) is 32.4. The lowest BCUT2D eigenvalue weighted by molar-refractivity contribution is -0.180. The molecule has 2 aliphatic heterocycles. The third kappa shape index (κ3) is 12.8. The minimum Gasteiger partial charge on any atom is -0.405 e. The van der Waals surface area contributed by atoms with Crippen LogP contribution in [0.15, 0.2) is 147 Å². The van der Waals surface area contributed by atoms with E-state index in [1.807, 2.05) is 52.0 Å². The van der Waals surface area contributed by atoms with Crippen molar-refractivity contribution >= 4 is 43.2 Å². The number of ether oxygens (including phenoxy) is 6. The zero-order valence-electron chi connectivity index (χ0n) is 43.5. The van der Waals surface area contributed by atoms with E-state index in [-0.39, 0.29) is 28.9 Å². The summed E-state index contributed by atoms with van der Waals surface area (Å²) in [4.78, 5) is 12.8. The summed E-state index contributed by atoms with van der Waals surface area (Å²) in [7, 11) is -2.39. The molecule has 4 aromatic carbocycles. The number of hydrogen-bond acceptors (Lipinski definition) is 10. The van der Waals surface area contributed by atoms with Gasteiger partial charge in [0.2, 0.25) is 0 Å². The number of hydrogen-bond donors (Lipinski definition) is 1. The second-order valence-electron chi connectivity index (χ2n) is 21.3. The molecule has 6 rings (SSSR count). The highest BCUT2D eigenvalue weighted by molar-refractivity contribution is 7.00. The van der Waals surface area contributed by atoms with Crippen LogP contribution in [-0.4, -0.2) is 109 Å². The van der Waals surface area contributed by atoms with Crippen molar-refractivity contribution in [1.82, 2.24) is 0 Å². The quantitative estimate of drug-likeness (QED) is 0.0683. The molecular weight excluding hydrogens is 901 g/mol. The Hall–Kier alpha value is -3.90. The number of Topliss-reactive ketones (excluding diaryl/α,β-unsaturated/α-hetero) is 1. The van der Waals surface area contributed by atoms with Gasteiger partial charge in [-0.15, -0.1) is 13.2 Å². The predicted molar refractivity (Wildman–Crippen MR) is 282 cm³/mol. The van der Waals surface area contributed by atoms with E-state index >= 15 is 0 Å². The highest BCUT2D eigenvalue weighted by atomic mass is 28.4. The number of rotatable bonds is 20. The fraction of sp³-hybridized carbons (Fsp3) is 0.491. The smallest absolute Gasteiger partial charge is 0.261 e. The highest BCUT2D eigenvalue weighted by Gasteiger charge is 2.56. The Morgan fingerprint density at radius 1 is 0.594 bits per heavy atom. The van der Waals surface area contributed by atoms with Crippen molar-refractivity contribution in [2.75, 3.05) is 27.4 Å². The molecule has 69 heavy (non-hydrogen) atoms. The van der Waals surface area contributed by atoms with Crippen LogP contribution in [0.25, 0.3) is 0 Å². The second kappa shape index (κ2) is 23.1. The van der Waals surface area contributed by atoms with Gasteiger partial charge < -0.3 is 42.4 Å². The first-order valence-corrected chi connectivity index (χ1v) is 28.0. The van der Waals surface area contributed by atoms with Crippen molar-refractivity contribution in [3.05, 3.63) is 147 Å². The summed E-state index contributed by atoms with van der Waals surface area (Å²) in [6.45, 7) is 30.8. The molecule has 0 saturated carbocycles. The monoisotopic (exact) mass is 981 g/mol. The maximum absolute atomic E-state index is 12.8. The number of carbonyl (C=O) groups excluding carboxylic acids is 1. The van der Waals surface area contributed by atoms with Gasteiger partial charge in [-0.2, -0.15) is 0 Å². The predicted octanol–water partition coefficient (Wildman–Crippen LogP) is 8.67. The molecule has 0 unspecified atom stereocenters. The average Bonchev–Trinajstić information content (AvgIpc) is 3.77. The Kier molecular flexibility index (Phi) is 18.8. The molecule has 0 aromatic heterocycles. The molecule has 376 valence electrons. The standard InChI is InChI=1S/C29H42O5Si.C28H38O5Si/c1-9-20-29(7,30)26(31-8)25-24(33-28(5,6)34-25)21-32-35(27(2,3)4,22-16-12-10-13-17-22)23-18-14-11-15-19-23;1-8-15-23(29)25(30-7)26-24(32-28(5,6)33-26)20-31-34(27(2,3)4,21-16-11-9-12-17-21)22-18-13-10-14-19-22/h9-19,24-26,30H,1,20-21H2,2-8H3;8-14,16-19,24-26H,1,15,20H2,2-7H3/t24-,25-,26+,29-;24-,25-,26-/m00/s1. The SMILES string of the molecule is C=CCC(=O)[C@H](OC)[C@H]1OC(C)(C)O[C@H]1CO[Si](c1ccccc1)(c1ccccc1)C(C)(C)C.C=CC[C@](C)(O)[C@H](OC)[C@H]1OC(C)(C)O[C@H]1CO[Si](c1ccccc1)(c1ccccc1)C(C)(C)C. The van der Waals surface area contributed by atoms with Crippen LogP contribution in [0.2, 0.25) is 10.1 Å². The normalized spacial score (nSPS) is 22.1. The molecule has 0 radical (unpaired) electrons. The molecule has 4 aromatic rings. The van der Waals surface area contributed by atoms with Crippen molar-refractivity contribution in [1.29, 1.82) is 0 Å². The summed E-state index contributed by atoms with van der Waals surface area (Å²) in [5.41, 5.74) is -1.17. The zero-order valence-corrected chi connectivity index (χ0v) is 45.5. The van der Waals surface area contributed by atoms with Crippen LogP contribution in [0.4, 0.5) is 0 Å². The van der Waals surface area contributed by atoms with Gasteiger partial charge >= 0.3 is 0 Å². The lowest BCUT2D eigenvalue weighted by Crippen LogP contribution is -2.67. The Balaban J connectivity index is 0.000000258. The van der Waals surface area contributed by atoms with Gasteiger partial charge in [0.25, 0.3) is 16.6 Å². The molecule has 0 bridgehead atoms. The van der Waals surface area contributed by atoms with Crippen molar-refractivity contribution in [3.8, 4) is 0 Å². The van der Waals surface area contributed by atoms with E-state index in [1.54, 1.807) is 26.2 Å². The van der Waals surface area contributed by atoms with Gasteiger partial charge in [-0.05, 0) is 71.9 Å². The van der Waals surface area contributed by atoms with E-state index in [2.05, 4.69) is 152 Å². The minimum atomic E-state index is -2.76. The number of methoxy groups -OCH3 is 2. The third-order valence-corrected chi connectivity index (χ3v) is 23.2. The second-order valence-corrected chi connectivity index (χ2v) is 30.0. The molecule has 1 N–H and O–H groups in total. The van der Waals surface area contributed by atoms with E-state index in [9.17, 15) is 9.90 Å². The van der Waals surface area contributed by atoms with Gasteiger partial charge in [-0.3, -0.25) is 4.79 Å². The van der Waals surface area contributed by atoms with Crippen LogP contribution < -0.4 is 20.7 Å². The van der Waals surface area contributed by atoms with E-state index in [4.69, 9.17) is 37.3 Å². The minimum absolute atomic E-state index is 0.0840. The summed E-state index contributed by atoms with van der Waals surface area (Å²) < 4.78 is 50.7. The lowest BCUT2D eigenvalue weighted by atomic mass is 9.89. The maximum Gasteiger partial charge on any atom is 0.261 e. The first-order valence-electron chi connectivity index (χ1n) is 24.2. The Morgan fingerprint density at radius 3 is 1.25 bits per heavy atom. The van der Waals surface area contributed by atoms with Crippen molar-refractivity contribution < 1.29 is 47.2 Å². The number of ketones is 1. The third-order valence-electron chi connectivity index (χ3n) is 13.1. The summed E-state index contributed by atoms with van der Waals surface area (Å²) in [6, 6.07) is 42.0. The zero-order chi connectivity index (χ0) is 50.9. The highest BCUT2D eigenvalue weighted by Crippen LogP contribution is 2.41. The number of aliphatic hydroxyl groups is 1. The lowest BCUT2D eigenvalue weighted by Gasteiger charge is -2.44. The van der Waals surface area contributed by atoms with E-state index < -0.39 is 70.4 Å². The molecule has 2 saturated heterocycles. The largest absolute Gasteiger partial charge is 0.405 e. The molecule has 0 amide bonds. The van der Waals surface area contributed by atoms with E-state index in [0.717, 1.165) is 0 Å². The first kappa shape index (κ1) is 56.0. The van der Waals surface area contributed by atoms with Crippen LogP contribution in [0, 0.1) is 0 Å². The summed E-state index contributed by atoms with van der Waals surface area (Å²) in [5, 5.41) is 15.6. The van der Waals surface area contributed by atoms with Crippen LogP contribution in [0.3, 0.4) is 0 Å². The molecular formula is C57H80O10Si2. The van der Waals surface area contributed by atoms with Crippen molar-refractivity contribution in [2.45, 2.75) is 153 Å². The van der Waals surface area contributed by atoms with Gasteiger partial charge in [0.15, 0.2) is 17.4 Å². The number of benzene rings is 4. The molecule has 7 atom stereocenters.